The number of esters is 1. The number of aromatic nitrogens is 1. The Bertz CT molecular complexity index is 1400. The molecule has 0 aliphatic carbocycles. The quantitative estimate of drug-likeness (QED) is 0.253. The molecule has 0 bridgehead atoms. The second-order valence-corrected chi connectivity index (χ2v) is 8.84. The zero-order valence-corrected chi connectivity index (χ0v) is 18.7. The largest absolute Gasteiger partial charge is 0.402 e. The maximum Gasteiger partial charge on any atom is 0.363 e. The van der Waals surface area contributed by atoms with Crippen molar-refractivity contribution in [1.82, 2.24) is 4.98 Å². The van der Waals surface area contributed by atoms with Gasteiger partial charge in [-0.3, -0.25) is 0 Å². The van der Waals surface area contributed by atoms with Crippen molar-refractivity contribution < 1.29 is 9.53 Å². The normalized spacial score (nSPS) is 14.6. The second kappa shape index (κ2) is 8.61. The molecule has 0 saturated carbocycles. The number of aryl methyl sites for hydroxylation is 1. The fourth-order valence-electron chi connectivity index (χ4n) is 3.35. The summed E-state index contributed by atoms with van der Waals surface area (Å²) in [4.78, 5) is 22.8. The van der Waals surface area contributed by atoms with E-state index in [0.29, 0.717) is 10.9 Å². The molecule has 156 valence electrons. The van der Waals surface area contributed by atoms with Gasteiger partial charge < -0.3 is 4.74 Å². The molecule has 6 heteroatoms. The van der Waals surface area contributed by atoms with Gasteiger partial charge in [-0.25, -0.2) is 14.8 Å². The molecule has 0 unspecified atom stereocenters. The first-order valence-electron chi connectivity index (χ1n) is 9.98. The van der Waals surface area contributed by atoms with Crippen LogP contribution in [0.3, 0.4) is 0 Å². The molecule has 5 rings (SSSR count). The number of aliphatic imine (C=N–C) groups is 1. The van der Waals surface area contributed by atoms with Gasteiger partial charge in [-0.2, -0.15) is 0 Å². The topological polar surface area (TPSA) is 51.6 Å². The van der Waals surface area contributed by atoms with E-state index in [2.05, 4.69) is 11.1 Å². The predicted molar refractivity (Wildman–Crippen MR) is 129 cm³/mol. The van der Waals surface area contributed by atoms with Crippen LogP contribution in [-0.2, 0) is 9.53 Å². The van der Waals surface area contributed by atoms with Gasteiger partial charge in [0, 0.05) is 26.4 Å². The van der Waals surface area contributed by atoms with E-state index in [4.69, 9.17) is 21.3 Å². The molecule has 32 heavy (non-hydrogen) atoms. The summed E-state index contributed by atoms with van der Waals surface area (Å²) in [6.07, 6.45) is 1.74. The lowest BCUT2D eigenvalue weighted by Crippen LogP contribution is -2.05. The summed E-state index contributed by atoms with van der Waals surface area (Å²) in [5.74, 6) is -0.172. The molecule has 4 nitrogen and oxygen atoms in total. The number of nitrogens with zero attached hydrogens (tertiary/aromatic N) is 2. The number of cyclic esters (lactones) is 1. The van der Waals surface area contributed by atoms with Gasteiger partial charge in [0.15, 0.2) is 5.70 Å². The summed E-state index contributed by atoms with van der Waals surface area (Å²) in [5, 5.41) is 2.44. The fraction of sp³-hybridized carbons (Fsp3) is 0.0385. The number of halogens is 1. The van der Waals surface area contributed by atoms with Crippen molar-refractivity contribution in [3.8, 4) is 0 Å². The van der Waals surface area contributed by atoms with E-state index in [9.17, 15) is 4.79 Å². The van der Waals surface area contributed by atoms with Crippen LogP contribution in [0.15, 0.2) is 99.5 Å². The predicted octanol–water partition coefficient (Wildman–Crippen LogP) is 6.69. The summed E-state index contributed by atoms with van der Waals surface area (Å²) >= 11 is 7.54. The summed E-state index contributed by atoms with van der Waals surface area (Å²) in [6, 6.07) is 25.1. The van der Waals surface area contributed by atoms with E-state index >= 15 is 0 Å². The van der Waals surface area contributed by atoms with Gasteiger partial charge in [-0.05, 0) is 67.6 Å². The van der Waals surface area contributed by atoms with Gasteiger partial charge in [0.25, 0.3) is 0 Å². The number of hydrogen-bond acceptors (Lipinski definition) is 5. The lowest BCUT2D eigenvalue weighted by molar-refractivity contribution is -0.129. The highest BCUT2D eigenvalue weighted by atomic mass is 35.5. The minimum Gasteiger partial charge on any atom is -0.402 e. The van der Waals surface area contributed by atoms with Crippen molar-refractivity contribution in [1.29, 1.82) is 0 Å². The number of rotatable bonds is 4. The van der Waals surface area contributed by atoms with Crippen molar-refractivity contribution in [2.45, 2.75) is 16.8 Å². The van der Waals surface area contributed by atoms with Gasteiger partial charge in [-0.1, -0.05) is 53.2 Å². The number of carbonyl (C=O) groups is 1. The maximum atomic E-state index is 12.5. The van der Waals surface area contributed by atoms with Crippen molar-refractivity contribution in [2.75, 3.05) is 0 Å². The van der Waals surface area contributed by atoms with Crippen molar-refractivity contribution in [3.05, 3.63) is 106 Å². The Morgan fingerprint density at radius 1 is 0.969 bits per heavy atom. The highest BCUT2D eigenvalue weighted by Gasteiger charge is 2.24. The number of ether oxygens (including phenoxy) is 1. The average Bonchev–Trinajstić information content (AvgIpc) is 3.16. The Kier molecular flexibility index (Phi) is 5.52. The molecule has 0 N–H and O–H groups in total. The minimum atomic E-state index is -0.476. The third-order valence-electron chi connectivity index (χ3n) is 4.92. The van der Waals surface area contributed by atoms with Crippen LogP contribution in [0.25, 0.3) is 17.0 Å². The SMILES string of the molecule is Cc1ccc2nc(Sc3ccc(Cl)cc3)c(C=C3N=C(c4ccccc4)OC3=O)cc2c1. The third kappa shape index (κ3) is 4.31. The Balaban J connectivity index is 1.60. The number of fused-ring (bicyclic) bond motifs is 1. The van der Waals surface area contributed by atoms with E-state index in [0.717, 1.165) is 37.5 Å². The zero-order chi connectivity index (χ0) is 22.1. The lowest BCUT2D eigenvalue weighted by Gasteiger charge is -2.09. The van der Waals surface area contributed by atoms with Crippen LogP contribution in [0.2, 0.25) is 5.02 Å². The summed E-state index contributed by atoms with van der Waals surface area (Å²) in [7, 11) is 0. The number of pyridine rings is 1. The van der Waals surface area contributed by atoms with Crippen molar-refractivity contribution in [2.24, 2.45) is 4.99 Å². The second-order valence-electron chi connectivity index (χ2n) is 7.34. The van der Waals surface area contributed by atoms with Crippen LogP contribution in [0, 0.1) is 6.92 Å². The number of carbonyl (C=O) groups excluding carboxylic acids is 1. The Morgan fingerprint density at radius 2 is 1.75 bits per heavy atom. The van der Waals surface area contributed by atoms with Gasteiger partial charge in [0.1, 0.15) is 5.03 Å². The molecule has 1 aliphatic heterocycles. The van der Waals surface area contributed by atoms with Crippen LogP contribution >= 0.6 is 23.4 Å². The molecule has 0 amide bonds. The summed E-state index contributed by atoms with van der Waals surface area (Å²) < 4.78 is 5.41. The van der Waals surface area contributed by atoms with Gasteiger partial charge in [-0.15, -0.1) is 0 Å². The summed E-state index contributed by atoms with van der Waals surface area (Å²) in [6.45, 7) is 2.04. The monoisotopic (exact) mass is 456 g/mol. The molecule has 0 fully saturated rings. The molecule has 0 saturated heterocycles. The Labute approximate surface area is 194 Å². The standard InChI is InChI=1S/C26H17ClN2O2S/c1-16-7-12-22-18(13-16)14-19(25(29-22)32-21-10-8-20(27)9-11-21)15-23-26(30)31-24(28-23)17-5-3-2-4-6-17/h2-15H,1H3. The first-order chi connectivity index (χ1) is 15.5. The molecule has 2 heterocycles. The third-order valence-corrected chi connectivity index (χ3v) is 6.20. The number of hydrogen-bond donors (Lipinski definition) is 0. The molecule has 1 aromatic heterocycles. The van der Waals surface area contributed by atoms with Crippen LogP contribution in [0.5, 0.6) is 0 Å². The molecule has 0 radical (unpaired) electrons. The van der Waals surface area contributed by atoms with Crippen LogP contribution in [-0.4, -0.2) is 16.9 Å². The molecule has 4 aromatic rings. The van der Waals surface area contributed by atoms with E-state index < -0.39 is 5.97 Å². The number of benzene rings is 3. The first-order valence-corrected chi connectivity index (χ1v) is 11.2. The fourth-order valence-corrected chi connectivity index (χ4v) is 4.36. The van der Waals surface area contributed by atoms with Crippen LogP contribution < -0.4 is 0 Å². The van der Waals surface area contributed by atoms with Crippen molar-refractivity contribution in [3.63, 3.8) is 0 Å². The van der Waals surface area contributed by atoms with Crippen LogP contribution in [0.4, 0.5) is 0 Å². The van der Waals surface area contributed by atoms with Crippen molar-refractivity contribution >= 4 is 52.2 Å². The minimum absolute atomic E-state index is 0.246. The Hall–Kier alpha value is -3.41. The summed E-state index contributed by atoms with van der Waals surface area (Å²) in [5.41, 5.74) is 3.83. The van der Waals surface area contributed by atoms with Crippen LogP contribution in [0.1, 0.15) is 16.7 Å². The first kappa shape index (κ1) is 20.5. The van der Waals surface area contributed by atoms with E-state index in [-0.39, 0.29) is 5.70 Å². The molecule has 3 aromatic carbocycles. The molecule has 1 aliphatic rings. The maximum absolute atomic E-state index is 12.5. The molecule has 0 spiro atoms. The smallest absolute Gasteiger partial charge is 0.363 e. The van der Waals surface area contributed by atoms with E-state index in [1.807, 2.05) is 79.7 Å². The zero-order valence-electron chi connectivity index (χ0n) is 17.1. The van der Waals surface area contributed by atoms with E-state index in [1.165, 1.54) is 11.8 Å². The van der Waals surface area contributed by atoms with Gasteiger partial charge in [0.2, 0.25) is 5.90 Å². The average molecular weight is 457 g/mol. The van der Waals surface area contributed by atoms with Gasteiger partial charge >= 0.3 is 5.97 Å². The lowest BCUT2D eigenvalue weighted by atomic mass is 10.1. The highest BCUT2D eigenvalue weighted by molar-refractivity contribution is 7.99. The molecular formula is C26H17ClN2O2S. The molecule has 0 atom stereocenters. The highest BCUT2D eigenvalue weighted by Crippen LogP contribution is 2.34. The Morgan fingerprint density at radius 3 is 2.53 bits per heavy atom. The molecular weight excluding hydrogens is 440 g/mol. The van der Waals surface area contributed by atoms with E-state index in [1.54, 1.807) is 6.08 Å². The van der Waals surface area contributed by atoms with Gasteiger partial charge in [0.05, 0.1) is 5.52 Å².